The SMILES string of the molecule is COCc1nc2n(n1)C(c1ccc3c(c1)OCCCO3)C(C(=O)Nc1ccccc1OC)=C(C)N2. The summed E-state index contributed by atoms with van der Waals surface area (Å²) < 4.78 is 24.1. The molecule has 1 amide bonds. The fourth-order valence-corrected chi connectivity index (χ4v) is 4.28. The molecule has 1 atom stereocenters. The molecule has 2 N–H and O–H groups in total. The van der Waals surface area contributed by atoms with Crippen molar-refractivity contribution in [3.8, 4) is 17.2 Å². The second kappa shape index (κ2) is 9.67. The number of anilines is 2. The highest BCUT2D eigenvalue weighted by Gasteiger charge is 2.35. The quantitative estimate of drug-likeness (QED) is 0.555. The number of ether oxygens (including phenoxy) is 4. The molecule has 5 rings (SSSR count). The van der Waals surface area contributed by atoms with Crippen LogP contribution in [0.1, 0.15) is 30.8 Å². The third-order valence-electron chi connectivity index (χ3n) is 5.86. The summed E-state index contributed by atoms with van der Waals surface area (Å²) in [4.78, 5) is 18.3. The molecule has 2 aliphatic heterocycles. The topological polar surface area (TPSA) is 109 Å². The van der Waals surface area contributed by atoms with Gasteiger partial charge in [0, 0.05) is 19.2 Å². The molecule has 10 nitrogen and oxygen atoms in total. The molecule has 2 aliphatic rings. The molecule has 0 aliphatic carbocycles. The zero-order valence-corrected chi connectivity index (χ0v) is 19.8. The standard InChI is InChI=1S/C25H27N5O5/c1-15-22(24(31)27-17-7-4-5-8-18(17)33-3)23(30-25(26-15)28-21(29-30)14-32-2)16-9-10-19-20(13-16)35-12-6-11-34-19/h4-5,7-10,13,23H,6,11-12,14H2,1-3H3,(H,27,31)(H,26,28,29). The van der Waals surface area contributed by atoms with E-state index in [1.807, 2.05) is 37.3 Å². The Morgan fingerprint density at radius 3 is 2.77 bits per heavy atom. The first-order valence-corrected chi connectivity index (χ1v) is 11.3. The van der Waals surface area contributed by atoms with Crippen molar-refractivity contribution in [3.05, 3.63) is 65.1 Å². The van der Waals surface area contributed by atoms with E-state index in [2.05, 4.69) is 20.7 Å². The monoisotopic (exact) mass is 477 g/mol. The number of aromatic nitrogens is 3. The third kappa shape index (κ3) is 4.40. The Hall–Kier alpha value is -4.05. The summed E-state index contributed by atoms with van der Waals surface area (Å²) >= 11 is 0. The molecule has 2 aromatic carbocycles. The van der Waals surface area contributed by atoms with Gasteiger partial charge in [-0.15, -0.1) is 0 Å². The molecule has 3 aromatic rings. The van der Waals surface area contributed by atoms with Crippen LogP contribution in [0.5, 0.6) is 17.2 Å². The first kappa shape index (κ1) is 22.7. The lowest BCUT2D eigenvalue weighted by atomic mass is 9.94. The van der Waals surface area contributed by atoms with Crippen molar-refractivity contribution < 1.29 is 23.7 Å². The van der Waals surface area contributed by atoms with Gasteiger partial charge in [0.25, 0.3) is 5.91 Å². The Morgan fingerprint density at radius 2 is 1.97 bits per heavy atom. The molecule has 0 saturated heterocycles. The van der Waals surface area contributed by atoms with Gasteiger partial charge in [-0.05, 0) is 36.8 Å². The van der Waals surface area contributed by atoms with E-state index >= 15 is 0 Å². The van der Waals surface area contributed by atoms with Crippen LogP contribution in [0.2, 0.25) is 0 Å². The lowest BCUT2D eigenvalue weighted by Gasteiger charge is -2.29. The van der Waals surface area contributed by atoms with Crippen molar-refractivity contribution in [1.29, 1.82) is 0 Å². The van der Waals surface area contributed by atoms with Crippen molar-refractivity contribution in [3.63, 3.8) is 0 Å². The normalized spacial score (nSPS) is 16.7. The number of amides is 1. The first-order valence-electron chi connectivity index (χ1n) is 11.3. The number of carbonyl (C=O) groups is 1. The van der Waals surface area contributed by atoms with Crippen molar-refractivity contribution in [1.82, 2.24) is 14.8 Å². The Labute approximate surface area is 202 Å². The average molecular weight is 478 g/mol. The Balaban J connectivity index is 1.59. The minimum atomic E-state index is -0.559. The van der Waals surface area contributed by atoms with Gasteiger partial charge in [0.2, 0.25) is 5.95 Å². The van der Waals surface area contributed by atoms with Crippen LogP contribution >= 0.6 is 0 Å². The number of fused-ring (bicyclic) bond motifs is 2. The molecule has 0 bridgehead atoms. The fourth-order valence-electron chi connectivity index (χ4n) is 4.28. The van der Waals surface area contributed by atoms with Gasteiger partial charge in [-0.3, -0.25) is 4.79 Å². The predicted molar refractivity (Wildman–Crippen MR) is 129 cm³/mol. The highest BCUT2D eigenvalue weighted by molar-refractivity contribution is 6.06. The highest BCUT2D eigenvalue weighted by atomic mass is 16.5. The summed E-state index contributed by atoms with van der Waals surface area (Å²) in [6, 6.07) is 12.4. The van der Waals surface area contributed by atoms with E-state index in [0.29, 0.717) is 59.2 Å². The maximum Gasteiger partial charge on any atom is 0.255 e. The van der Waals surface area contributed by atoms with Crippen LogP contribution in [0.15, 0.2) is 53.7 Å². The molecule has 35 heavy (non-hydrogen) atoms. The summed E-state index contributed by atoms with van der Waals surface area (Å²) in [5, 5.41) is 10.9. The van der Waals surface area contributed by atoms with Crippen molar-refractivity contribution in [2.24, 2.45) is 0 Å². The molecule has 1 aromatic heterocycles. The molecule has 0 fully saturated rings. The number of nitrogens with one attached hydrogen (secondary N) is 2. The fraction of sp³-hybridized carbons (Fsp3) is 0.320. The molecule has 0 radical (unpaired) electrons. The summed E-state index contributed by atoms with van der Waals surface area (Å²) in [6.07, 6.45) is 0.802. The van der Waals surface area contributed by atoms with Gasteiger partial charge in [-0.2, -0.15) is 10.1 Å². The first-order chi connectivity index (χ1) is 17.1. The number of allylic oxidation sites excluding steroid dienone is 1. The summed E-state index contributed by atoms with van der Waals surface area (Å²) in [5.74, 6) is 2.64. The van der Waals surface area contributed by atoms with Gasteiger partial charge in [0.05, 0.1) is 31.6 Å². The van der Waals surface area contributed by atoms with Crippen LogP contribution in [0.25, 0.3) is 0 Å². The summed E-state index contributed by atoms with van der Waals surface area (Å²) in [7, 11) is 3.15. The second-order valence-electron chi connectivity index (χ2n) is 8.21. The van der Waals surface area contributed by atoms with Gasteiger partial charge in [-0.25, -0.2) is 4.68 Å². The number of para-hydroxylation sites is 2. The molecule has 10 heteroatoms. The van der Waals surface area contributed by atoms with Gasteiger partial charge in [-0.1, -0.05) is 18.2 Å². The third-order valence-corrected chi connectivity index (χ3v) is 5.86. The number of nitrogens with zero attached hydrogens (tertiary/aromatic N) is 3. The number of rotatable bonds is 6. The minimum absolute atomic E-state index is 0.247. The van der Waals surface area contributed by atoms with Crippen molar-refractivity contribution in [2.75, 3.05) is 38.1 Å². The van der Waals surface area contributed by atoms with E-state index in [1.54, 1.807) is 31.0 Å². The summed E-state index contributed by atoms with van der Waals surface area (Å²) in [5.41, 5.74) is 2.54. The zero-order chi connectivity index (χ0) is 24.4. The highest BCUT2D eigenvalue weighted by Crippen LogP contribution is 2.40. The van der Waals surface area contributed by atoms with Crippen LogP contribution in [0.4, 0.5) is 11.6 Å². The summed E-state index contributed by atoms with van der Waals surface area (Å²) in [6.45, 7) is 3.25. The van der Waals surface area contributed by atoms with E-state index in [0.717, 1.165) is 12.0 Å². The maximum absolute atomic E-state index is 13.7. The van der Waals surface area contributed by atoms with Crippen molar-refractivity contribution >= 4 is 17.5 Å². The molecule has 0 saturated carbocycles. The van der Waals surface area contributed by atoms with Crippen LogP contribution in [0, 0.1) is 0 Å². The Kier molecular flexibility index (Phi) is 6.28. The van der Waals surface area contributed by atoms with Gasteiger partial charge in [0.1, 0.15) is 18.4 Å². The number of benzene rings is 2. The van der Waals surface area contributed by atoms with Crippen molar-refractivity contribution in [2.45, 2.75) is 26.0 Å². The second-order valence-corrected chi connectivity index (χ2v) is 8.21. The number of methoxy groups -OCH3 is 2. The van der Waals surface area contributed by atoms with E-state index in [9.17, 15) is 4.79 Å². The van der Waals surface area contributed by atoms with Crippen LogP contribution in [-0.2, 0) is 16.1 Å². The Morgan fingerprint density at radius 1 is 1.17 bits per heavy atom. The van der Waals surface area contributed by atoms with E-state index in [4.69, 9.17) is 18.9 Å². The number of hydrogen-bond donors (Lipinski definition) is 2. The van der Waals surface area contributed by atoms with Crippen LogP contribution in [0.3, 0.4) is 0 Å². The predicted octanol–water partition coefficient (Wildman–Crippen LogP) is 3.52. The maximum atomic E-state index is 13.7. The van der Waals surface area contributed by atoms with Crippen LogP contribution < -0.4 is 24.8 Å². The minimum Gasteiger partial charge on any atom is -0.495 e. The largest absolute Gasteiger partial charge is 0.495 e. The van der Waals surface area contributed by atoms with E-state index in [1.165, 1.54) is 0 Å². The van der Waals surface area contributed by atoms with E-state index < -0.39 is 6.04 Å². The average Bonchev–Trinajstić information content (AvgIpc) is 3.10. The molecule has 3 heterocycles. The molecule has 182 valence electrons. The van der Waals surface area contributed by atoms with Crippen LogP contribution in [-0.4, -0.2) is 48.1 Å². The molecular formula is C25H27N5O5. The van der Waals surface area contributed by atoms with Gasteiger partial charge < -0.3 is 29.6 Å². The zero-order valence-electron chi connectivity index (χ0n) is 19.8. The molecule has 0 spiro atoms. The Bertz CT molecular complexity index is 1290. The number of hydrogen-bond acceptors (Lipinski definition) is 8. The smallest absolute Gasteiger partial charge is 0.255 e. The van der Waals surface area contributed by atoms with E-state index in [-0.39, 0.29) is 12.5 Å². The van der Waals surface area contributed by atoms with Gasteiger partial charge in [0.15, 0.2) is 17.3 Å². The molecule has 1 unspecified atom stereocenters. The molecular weight excluding hydrogens is 450 g/mol. The lowest BCUT2D eigenvalue weighted by molar-refractivity contribution is -0.113. The number of carbonyl (C=O) groups excluding carboxylic acids is 1. The lowest BCUT2D eigenvalue weighted by Crippen LogP contribution is -2.31. The van der Waals surface area contributed by atoms with Gasteiger partial charge >= 0.3 is 0 Å².